The number of carbonyl (C=O) groups is 1. The smallest absolute Gasteiger partial charge is 0.221 e. The summed E-state index contributed by atoms with van der Waals surface area (Å²) >= 11 is 0. The van der Waals surface area contributed by atoms with E-state index in [-0.39, 0.29) is 5.91 Å². The predicted octanol–water partition coefficient (Wildman–Crippen LogP) is 1.63. The maximum absolute atomic E-state index is 11.4. The highest BCUT2D eigenvalue weighted by Gasteiger charge is 2.12. The fourth-order valence-corrected chi connectivity index (χ4v) is 1.85. The van der Waals surface area contributed by atoms with E-state index in [1.165, 1.54) is 25.9 Å². The van der Waals surface area contributed by atoms with Crippen molar-refractivity contribution in [3.8, 4) is 0 Å². The molecule has 0 aromatic carbocycles. The Bertz CT molecular complexity index is 186. The lowest BCUT2D eigenvalue weighted by atomic mass is 10.1. The van der Waals surface area contributed by atoms with Gasteiger partial charge in [-0.25, -0.2) is 0 Å². The molecule has 3 heteroatoms. The number of carbonyl (C=O) groups excluding carboxylic acids is 1. The van der Waals surface area contributed by atoms with Crippen molar-refractivity contribution in [2.75, 3.05) is 26.2 Å². The van der Waals surface area contributed by atoms with Gasteiger partial charge in [0.2, 0.25) is 5.91 Å². The summed E-state index contributed by atoms with van der Waals surface area (Å²) in [7, 11) is 0. The van der Waals surface area contributed by atoms with Crippen molar-refractivity contribution in [1.29, 1.82) is 0 Å². The molecule has 1 aliphatic heterocycles. The van der Waals surface area contributed by atoms with Crippen LogP contribution in [0.15, 0.2) is 0 Å². The normalized spacial score (nSPS) is 17.3. The molecule has 0 aliphatic carbocycles. The number of amides is 1. The molecule has 1 saturated heterocycles. The van der Waals surface area contributed by atoms with E-state index in [0.717, 1.165) is 19.5 Å². The predicted molar refractivity (Wildman–Crippen MR) is 62.8 cm³/mol. The monoisotopic (exact) mass is 212 g/mol. The van der Waals surface area contributed by atoms with Crippen LogP contribution >= 0.6 is 0 Å². The molecule has 3 nitrogen and oxygen atoms in total. The second-order valence-corrected chi connectivity index (χ2v) is 4.83. The van der Waals surface area contributed by atoms with E-state index in [1.54, 1.807) is 0 Å². The SMILES string of the molecule is CC(C)CCNC(=O)CCN1CCCC1. The molecule has 0 radical (unpaired) electrons. The molecule has 15 heavy (non-hydrogen) atoms. The number of hydrogen-bond acceptors (Lipinski definition) is 2. The lowest BCUT2D eigenvalue weighted by molar-refractivity contribution is -0.121. The minimum absolute atomic E-state index is 0.211. The van der Waals surface area contributed by atoms with Crippen LogP contribution in [0.25, 0.3) is 0 Å². The Morgan fingerprint density at radius 2 is 2.00 bits per heavy atom. The highest BCUT2D eigenvalue weighted by molar-refractivity contribution is 5.75. The molecule has 1 fully saturated rings. The van der Waals surface area contributed by atoms with Crippen LogP contribution in [0.3, 0.4) is 0 Å². The Kier molecular flexibility index (Phi) is 5.69. The maximum atomic E-state index is 11.4. The van der Waals surface area contributed by atoms with Crippen molar-refractivity contribution in [2.24, 2.45) is 5.92 Å². The largest absolute Gasteiger partial charge is 0.356 e. The van der Waals surface area contributed by atoms with Gasteiger partial charge in [0, 0.05) is 19.5 Å². The van der Waals surface area contributed by atoms with Crippen LogP contribution in [0.4, 0.5) is 0 Å². The zero-order valence-electron chi connectivity index (χ0n) is 10.1. The van der Waals surface area contributed by atoms with Gasteiger partial charge in [0.1, 0.15) is 0 Å². The van der Waals surface area contributed by atoms with E-state index in [4.69, 9.17) is 0 Å². The van der Waals surface area contributed by atoms with Gasteiger partial charge in [-0.3, -0.25) is 4.79 Å². The summed E-state index contributed by atoms with van der Waals surface area (Å²) in [5, 5.41) is 2.97. The van der Waals surface area contributed by atoms with Crippen molar-refractivity contribution >= 4 is 5.91 Å². The molecule has 1 heterocycles. The third-order valence-electron chi connectivity index (χ3n) is 2.90. The fourth-order valence-electron chi connectivity index (χ4n) is 1.85. The summed E-state index contributed by atoms with van der Waals surface area (Å²) in [6.07, 6.45) is 4.34. The van der Waals surface area contributed by atoms with Gasteiger partial charge < -0.3 is 10.2 Å². The Labute approximate surface area is 93.2 Å². The van der Waals surface area contributed by atoms with Crippen LogP contribution in [-0.2, 0) is 4.79 Å². The molecule has 0 spiro atoms. The number of nitrogens with one attached hydrogen (secondary N) is 1. The minimum atomic E-state index is 0.211. The summed E-state index contributed by atoms with van der Waals surface area (Å²) in [4.78, 5) is 13.8. The van der Waals surface area contributed by atoms with Crippen molar-refractivity contribution < 1.29 is 4.79 Å². The topological polar surface area (TPSA) is 32.3 Å². The molecule has 1 rings (SSSR count). The van der Waals surface area contributed by atoms with Gasteiger partial charge in [-0.1, -0.05) is 13.8 Å². The molecule has 88 valence electrons. The van der Waals surface area contributed by atoms with Crippen molar-refractivity contribution in [3.05, 3.63) is 0 Å². The number of likely N-dealkylation sites (tertiary alicyclic amines) is 1. The lowest BCUT2D eigenvalue weighted by Gasteiger charge is -2.14. The highest BCUT2D eigenvalue weighted by Crippen LogP contribution is 2.07. The number of rotatable bonds is 6. The molecule has 0 bridgehead atoms. The Balaban J connectivity index is 1.98. The second kappa shape index (κ2) is 6.83. The van der Waals surface area contributed by atoms with E-state index < -0.39 is 0 Å². The fraction of sp³-hybridized carbons (Fsp3) is 0.917. The van der Waals surface area contributed by atoms with Gasteiger partial charge >= 0.3 is 0 Å². The lowest BCUT2D eigenvalue weighted by Crippen LogP contribution is -2.30. The van der Waals surface area contributed by atoms with Gasteiger partial charge in [0.25, 0.3) is 0 Å². The van der Waals surface area contributed by atoms with E-state index >= 15 is 0 Å². The van der Waals surface area contributed by atoms with Crippen LogP contribution in [0.2, 0.25) is 0 Å². The highest BCUT2D eigenvalue weighted by atomic mass is 16.1. The van der Waals surface area contributed by atoms with Gasteiger partial charge in [0.15, 0.2) is 0 Å². The van der Waals surface area contributed by atoms with Crippen molar-refractivity contribution in [2.45, 2.75) is 39.5 Å². The first-order valence-corrected chi connectivity index (χ1v) is 6.17. The van der Waals surface area contributed by atoms with Crippen molar-refractivity contribution in [1.82, 2.24) is 10.2 Å². The van der Waals surface area contributed by atoms with Gasteiger partial charge in [-0.2, -0.15) is 0 Å². The Hall–Kier alpha value is -0.570. The summed E-state index contributed by atoms with van der Waals surface area (Å²) in [5.41, 5.74) is 0. The van der Waals surface area contributed by atoms with Crippen LogP contribution < -0.4 is 5.32 Å². The van der Waals surface area contributed by atoms with Gasteiger partial charge in [-0.05, 0) is 38.3 Å². The average Bonchev–Trinajstić information content (AvgIpc) is 2.66. The van der Waals surface area contributed by atoms with E-state index in [0.29, 0.717) is 12.3 Å². The van der Waals surface area contributed by atoms with Gasteiger partial charge in [-0.15, -0.1) is 0 Å². The van der Waals surface area contributed by atoms with Crippen LogP contribution in [0.1, 0.15) is 39.5 Å². The summed E-state index contributed by atoms with van der Waals surface area (Å²) in [5.74, 6) is 0.881. The molecule has 0 saturated carbocycles. The standard InChI is InChI=1S/C12H24N2O/c1-11(2)5-7-13-12(15)6-10-14-8-3-4-9-14/h11H,3-10H2,1-2H3,(H,13,15). The molecule has 1 aliphatic rings. The molecule has 0 atom stereocenters. The summed E-state index contributed by atoms with van der Waals surface area (Å²) in [6.45, 7) is 8.48. The molecule has 0 unspecified atom stereocenters. The third kappa shape index (κ3) is 5.78. The first-order valence-electron chi connectivity index (χ1n) is 6.17. The van der Waals surface area contributed by atoms with Gasteiger partial charge in [0.05, 0.1) is 0 Å². The third-order valence-corrected chi connectivity index (χ3v) is 2.90. The first-order chi connectivity index (χ1) is 7.18. The molecular formula is C12H24N2O. The first kappa shape index (κ1) is 12.5. The van der Waals surface area contributed by atoms with Crippen LogP contribution in [-0.4, -0.2) is 37.0 Å². The Morgan fingerprint density at radius 3 is 2.60 bits per heavy atom. The quantitative estimate of drug-likeness (QED) is 0.726. The molecule has 0 aromatic rings. The van der Waals surface area contributed by atoms with E-state index in [1.807, 2.05) is 0 Å². The molecule has 1 N–H and O–H groups in total. The van der Waals surface area contributed by atoms with E-state index in [2.05, 4.69) is 24.1 Å². The number of hydrogen-bond donors (Lipinski definition) is 1. The maximum Gasteiger partial charge on any atom is 0.221 e. The Morgan fingerprint density at radius 1 is 1.33 bits per heavy atom. The van der Waals surface area contributed by atoms with E-state index in [9.17, 15) is 4.79 Å². The molecule has 1 amide bonds. The van der Waals surface area contributed by atoms with Crippen molar-refractivity contribution in [3.63, 3.8) is 0 Å². The number of nitrogens with zero attached hydrogens (tertiary/aromatic N) is 1. The zero-order valence-corrected chi connectivity index (χ0v) is 10.1. The summed E-state index contributed by atoms with van der Waals surface area (Å²) in [6, 6.07) is 0. The molecular weight excluding hydrogens is 188 g/mol. The minimum Gasteiger partial charge on any atom is -0.356 e. The van der Waals surface area contributed by atoms with Crippen LogP contribution in [0.5, 0.6) is 0 Å². The average molecular weight is 212 g/mol. The molecule has 0 aromatic heterocycles. The zero-order chi connectivity index (χ0) is 11.1. The summed E-state index contributed by atoms with van der Waals surface area (Å²) < 4.78 is 0. The second-order valence-electron chi connectivity index (χ2n) is 4.83. The van der Waals surface area contributed by atoms with Crippen LogP contribution in [0, 0.1) is 5.92 Å².